The average Bonchev–Trinajstić information content (AvgIpc) is 2.20. The number of piperazine rings is 1. The largest absolute Gasteiger partial charge is 0.343 e. The molecule has 1 saturated heterocycles. The van der Waals surface area contributed by atoms with Crippen LogP contribution in [0.25, 0.3) is 0 Å². The second-order valence-corrected chi connectivity index (χ2v) is 4.84. The van der Waals surface area contributed by atoms with Crippen LogP contribution in [0.15, 0.2) is 0 Å². The summed E-state index contributed by atoms with van der Waals surface area (Å²) in [6.07, 6.45) is 0. The van der Waals surface area contributed by atoms with Crippen molar-refractivity contribution >= 4 is 5.91 Å². The summed E-state index contributed by atoms with van der Waals surface area (Å²) in [5.41, 5.74) is 5.68. The SMILES string of the molecule is CC(C)C1CN(C)C(=O)CN1C(C)CN. The van der Waals surface area contributed by atoms with Gasteiger partial charge in [-0.1, -0.05) is 13.8 Å². The van der Waals surface area contributed by atoms with Gasteiger partial charge in [0.1, 0.15) is 0 Å². The number of hydrogen-bond donors (Lipinski definition) is 1. The second-order valence-electron chi connectivity index (χ2n) is 4.84. The zero-order valence-electron chi connectivity index (χ0n) is 10.2. The first-order valence-corrected chi connectivity index (χ1v) is 5.67. The van der Waals surface area contributed by atoms with E-state index in [-0.39, 0.29) is 11.9 Å². The van der Waals surface area contributed by atoms with Crippen LogP contribution in [0.2, 0.25) is 0 Å². The fourth-order valence-electron chi connectivity index (χ4n) is 2.09. The number of rotatable bonds is 3. The Hall–Kier alpha value is -0.610. The topological polar surface area (TPSA) is 49.6 Å². The summed E-state index contributed by atoms with van der Waals surface area (Å²) in [5.74, 6) is 0.752. The van der Waals surface area contributed by atoms with Gasteiger partial charge in [-0.15, -0.1) is 0 Å². The van der Waals surface area contributed by atoms with E-state index in [1.54, 1.807) is 0 Å². The molecule has 1 rings (SSSR count). The van der Waals surface area contributed by atoms with Crippen molar-refractivity contribution in [3.8, 4) is 0 Å². The molecule has 0 saturated carbocycles. The molecule has 0 bridgehead atoms. The Morgan fingerprint density at radius 3 is 2.53 bits per heavy atom. The minimum atomic E-state index is 0.201. The van der Waals surface area contributed by atoms with Crippen LogP contribution in [0.4, 0.5) is 0 Å². The Bertz CT molecular complexity index is 230. The predicted molar refractivity (Wildman–Crippen MR) is 61.5 cm³/mol. The van der Waals surface area contributed by atoms with Crippen LogP contribution in [-0.4, -0.2) is 54.5 Å². The molecule has 1 heterocycles. The third kappa shape index (κ3) is 2.69. The lowest BCUT2D eigenvalue weighted by Crippen LogP contribution is -2.60. The fraction of sp³-hybridized carbons (Fsp3) is 0.909. The van der Waals surface area contributed by atoms with Crippen molar-refractivity contribution < 1.29 is 4.79 Å². The molecule has 0 aliphatic carbocycles. The summed E-state index contributed by atoms with van der Waals surface area (Å²) < 4.78 is 0. The van der Waals surface area contributed by atoms with Crippen molar-refractivity contribution in [3.63, 3.8) is 0 Å². The number of nitrogens with zero attached hydrogens (tertiary/aromatic N) is 2. The molecule has 0 radical (unpaired) electrons. The van der Waals surface area contributed by atoms with Crippen molar-refractivity contribution in [2.75, 3.05) is 26.7 Å². The lowest BCUT2D eigenvalue weighted by atomic mass is 9.98. The van der Waals surface area contributed by atoms with Gasteiger partial charge in [0.05, 0.1) is 6.54 Å². The minimum absolute atomic E-state index is 0.201. The number of amides is 1. The number of carbonyl (C=O) groups excluding carboxylic acids is 1. The zero-order valence-corrected chi connectivity index (χ0v) is 10.2. The van der Waals surface area contributed by atoms with E-state index < -0.39 is 0 Å². The summed E-state index contributed by atoms with van der Waals surface area (Å²) in [6.45, 7) is 8.43. The molecular weight excluding hydrogens is 190 g/mol. The molecule has 2 N–H and O–H groups in total. The minimum Gasteiger partial charge on any atom is -0.343 e. The standard InChI is InChI=1S/C11H23N3O/c1-8(2)10-6-13(4)11(15)7-14(10)9(3)5-12/h8-10H,5-7,12H2,1-4H3. The zero-order chi connectivity index (χ0) is 11.6. The van der Waals surface area contributed by atoms with E-state index in [9.17, 15) is 4.79 Å². The van der Waals surface area contributed by atoms with Gasteiger partial charge >= 0.3 is 0 Å². The van der Waals surface area contributed by atoms with Crippen molar-refractivity contribution in [1.29, 1.82) is 0 Å². The van der Waals surface area contributed by atoms with Crippen molar-refractivity contribution in [2.24, 2.45) is 11.7 Å². The first-order chi connectivity index (χ1) is 6.97. The van der Waals surface area contributed by atoms with Crippen LogP contribution in [-0.2, 0) is 4.79 Å². The van der Waals surface area contributed by atoms with Crippen LogP contribution in [0.1, 0.15) is 20.8 Å². The van der Waals surface area contributed by atoms with Gasteiger partial charge in [0, 0.05) is 32.2 Å². The van der Waals surface area contributed by atoms with Gasteiger partial charge in [-0.25, -0.2) is 0 Å². The molecule has 1 aliphatic heterocycles. The number of likely N-dealkylation sites (N-methyl/N-ethyl adjacent to an activating group) is 1. The van der Waals surface area contributed by atoms with E-state index >= 15 is 0 Å². The van der Waals surface area contributed by atoms with Crippen molar-refractivity contribution in [1.82, 2.24) is 9.80 Å². The lowest BCUT2D eigenvalue weighted by molar-refractivity contribution is -0.139. The van der Waals surface area contributed by atoms with E-state index in [0.717, 1.165) is 6.54 Å². The van der Waals surface area contributed by atoms with Crippen LogP contribution < -0.4 is 5.73 Å². The van der Waals surface area contributed by atoms with Crippen LogP contribution in [0.3, 0.4) is 0 Å². The van der Waals surface area contributed by atoms with Gasteiger partial charge in [0.25, 0.3) is 0 Å². The molecule has 88 valence electrons. The molecule has 4 nitrogen and oxygen atoms in total. The highest BCUT2D eigenvalue weighted by Gasteiger charge is 2.34. The highest BCUT2D eigenvalue weighted by molar-refractivity contribution is 5.78. The molecule has 1 fully saturated rings. The Morgan fingerprint density at radius 2 is 2.07 bits per heavy atom. The summed E-state index contributed by atoms with van der Waals surface area (Å²) in [7, 11) is 1.88. The highest BCUT2D eigenvalue weighted by atomic mass is 16.2. The number of carbonyl (C=O) groups is 1. The molecule has 2 unspecified atom stereocenters. The maximum Gasteiger partial charge on any atom is 0.236 e. The third-order valence-electron chi connectivity index (χ3n) is 3.31. The molecule has 1 amide bonds. The maximum atomic E-state index is 11.6. The summed E-state index contributed by atoms with van der Waals surface area (Å²) >= 11 is 0. The van der Waals surface area contributed by atoms with E-state index in [4.69, 9.17) is 5.73 Å². The van der Waals surface area contributed by atoms with Gasteiger partial charge < -0.3 is 10.6 Å². The molecule has 15 heavy (non-hydrogen) atoms. The molecule has 0 aromatic carbocycles. The van der Waals surface area contributed by atoms with Gasteiger partial charge in [0.15, 0.2) is 0 Å². The monoisotopic (exact) mass is 213 g/mol. The molecule has 2 atom stereocenters. The third-order valence-corrected chi connectivity index (χ3v) is 3.31. The number of hydrogen-bond acceptors (Lipinski definition) is 3. The molecule has 1 aliphatic rings. The van der Waals surface area contributed by atoms with E-state index in [0.29, 0.717) is 25.0 Å². The van der Waals surface area contributed by atoms with Crippen LogP contribution in [0, 0.1) is 5.92 Å². The van der Waals surface area contributed by atoms with E-state index in [1.807, 2.05) is 11.9 Å². The van der Waals surface area contributed by atoms with E-state index in [2.05, 4.69) is 25.7 Å². The number of nitrogens with two attached hydrogens (primary N) is 1. The highest BCUT2D eigenvalue weighted by Crippen LogP contribution is 2.19. The van der Waals surface area contributed by atoms with Gasteiger partial charge in [-0.2, -0.15) is 0 Å². The van der Waals surface area contributed by atoms with Crippen LogP contribution in [0.5, 0.6) is 0 Å². The molecule has 0 aromatic heterocycles. The van der Waals surface area contributed by atoms with Crippen molar-refractivity contribution in [3.05, 3.63) is 0 Å². The Morgan fingerprint density at radius 1 is 1.47 bits per heavy atom. The molecular formula is C11H23N3O. The smallest absolute Gasteiger partial charge is 0.236 e. The lowest BCUT2D eigenvalue weighted by Gasteiger charge is -2.44. The van der Waals surface area contributed by atoms with Gasteiger partial charge in [-0.05, 0) is 12.8 Å². The van der Waals surface area contributed by atoms with E-state index in [1.165, 1.54) is 0 Å². The Kier molecular flexibility index (Phi) is 4.11. The second kappa shape index (κ2) is 4.94. The molecule has 0 aromatic rings. The fourth-order valence-corrected chi connectivity index (χ4v) is 2.09. The maximum absolute atomic E-state index is 11.6. The Labute approximate surface area is 92.4 Å². The van der Waals surface area contributed by atoms with Gasteiger partial charge in [0.2, 0.25) is 5.91 Å². The van der Waals surface area contributed by atoms with Gasteiger partial charge in [-0.3, -0.25) is 9.69 Å². The normalized spacial score (nSPS) is 26.1. The predicted octanol–water partition coefficient (Wildman–Crippen LogP) is 0.132. The first-order valence-electron chi connectivity index (χ1n) is 5.67. The molecule has 4 heteroatoms. The molecule has 0 spiro atoms. The van der Waals surface area contributed by atoms with Crippen molar-refractivity contribution in [2.45, 2.75) is 32.9 Å². The summed E-state index contributed by atoms with van der Waals surface area (Å²) in [6, 6.07) is 0.723. The first kappa shape index (κ1) is 12.5. The quantitative estimate of drug-likeness (QED) is 0.725. The summed E-state index contributed by atoms with van der Waals surface area (Å²) in [4.78, 5) is 15.7. The van der Waals surface area contributed by atoms with Crippen LogP contribution >= 0.6 is 0 Å². The summed E-state index contributed by atoms with van der Waals surface area (Å²) in [5, 5.41) is 0. The average molecular weight is 213 g/mol. The Balaban J connectivity index is 2.76.